The van der Waals surface area contributed by atoms with Crippen molar-refractivity contribution in [3.63, 3.8) is 0 Å². The van der Waals surface area contributed by atoms with Gasteiger partial charge in [0, 0.05) is 11.6 Å². The summed E-state index contributed by atoms with van der Waals surface area (Å²) >= 11 is 0. The Morgan fingerprint density at radius 2 is 1.92 bits per heavy atom. The summed E-state index contributed by atoms with van der Waals surface area (Å²) in [5, 5.41) is 15.4. The van der Waals surface area contributed by atoms with Gasteiger partial charge >= 0.3 is 5.97 Å². The van der Waals surface area contributed by atoms with Gasteiger partial charge < -0.3 is 10.4 Å². The van der Waals surface area contributed by atoms with E-state index in [1.54, 1.807) is 19.9 Å². The van der Waals surface area contributed by atoms with Gasteiger partial charge in [0.2, 0.25) is 5.91 Å². The second-order valence-corrected chi connectivity index (χ2v) is 5.82. The number of nitrogens with zero attached hydrogens (tertiary/aromatic N) is 2. The van der Waals surface area contributed by atoms with E-state index in [2.05, 4.69) is 10.4 Å². The van der Waals surface area contributed by atoms with Crippen LogP contribution >= 0.6 is 0 Å². The van der Waals surface area contributed by atoms with Crippen molar-refractivity contribution in [1.29, 1.82) is 0 Å². The lowest BCUT2D eigenvalue weighted by Crippen LogP contribution is -2.46. The molecule has 0 saturated heterocycles. The number of nitrogens with one attached hydrogen (secondary N) is 1. The van der Waals surface area contributed by atoms with Crippen LogP contribution in [0.4, 0.5) is 4.39 Å². The minimum Gasteiger partial charge on any atom is -0.480 e. The molecule has 0 radical (unpaired) electrons. The molecule has 1 aromatic heterocycles. The summed E-state index contributed by atoms with van der Waals surface area (Å²) in [5.74, 6) is -2.66. The van der Waals surface area contributed by atoms with Crippen LogP contribution in [0.1, 0.15) is 13.8 Å². The Kier molecular flexibility index (Phi) is 5.63. The van der Waals surface area contributed by atoms with Crippen LogP contribution in [0.5, 0.6) is 0 Å². The maximum absolute atomic E-state index is 13.8. The summed E-state index contributed by atoms with van der Waals surface area (Å²) in [4.78, 5) is 35.1. The molecule has 1 atom stereocenters. The van der Waals surface area contributed by atoms with E-state index >= 15 is 0 Å². The molecule has 7 nitrogen and oxygen atoms in total. The molecule has 1 aromatic carbocycles. The van der Waals surface area contributed by atoms with Crippen LogP contribution in [0.3, 0.4) is 0 Å². The van der Waals surface area contributed by atoms with Gasteiger partial charge in [0.15, 0.2) is 0 Å². The molecule has 132 valence electrons. The molecule has 1 heterocycles. The van der Waals surface area contributed by atoms with Gasteiger partial charge in [-0.1, -0.05) is 26.0 Å². The van der Waals surface area contributed by atoms with E-state index in [4.69, 9.17) is 5.11 Å². The Labute approximate surface area is 143 Å². The third-order valence-corrected chi connectivity index (χ3v) is 3.56. The van der Waals surface area contributed by atoms with Crippen LogP contribution < -0.4 is 10.9 Å². The summed E-state index contributed by atoms with van der Waals surface area (Å²) < 4.78 is 14.7. The number of aromatic nitrogens is 2. The molecule has 8 heteroatoms. The van der Waals surface area contributed by atoms with Crippen molar-refractivity contribution in [2.75, 3.05) is 0 Å². The molecule has 2 rings (SSSR count). The number of carbonyl (C=O) groups excluding carboxylic acids is 1. The Balaban J connectivity index is 2.24. The van der Waals surface area contributed by atoms with E-state index < -0.39 is 35.8 Å². The van der Waals surface area contributed by atoms with Crippen molar-refractivity contribution < 1.29 is 19.1 Å². The zero-order valence-corrected chi connectivity index (χ0v) is 13.8. The summed E-state index contributed by atoms with van der Waals surface area (Å²) in [6.07, 6.45) is 0. The highest BCUT2D eigenvalue weighted by Gasteiger charge is 2.23. The molecule has 0 saturated carbocycles. The molecular formula is C17H18FN3O4. The molecule has 0 aliphatic rings. The van der Waals surface area contributed by atoms with Crippen molar-refractivity contribution in [3.8, 4) is 11.3 Å². The third kappa shape index (κ3) is 4.50. The first-order valence-electron chi connectivity index (χ1n) is 7.65. The average molecular weight is 347 g/mol. The molecule has 25 heavy (non-hydrogen) atoms. The molecule has 2 N–H and O–H groups in total. The number of halogens is 1. The predicted octanol–water partition coefficient (Wildman–Crippen LogP) is 1.27. The first-order chi connectivity index (χ1) is 11.8. The molecule has 1 amide bonds. The molecule has 0 bridgehead atoms. The lowest BCUT2D eigenvalue weighted by atomic mass is 10.1. The second kappa shape index (κ2) is 7.69. The van der Waals surface area contributed by atoms with Crippen LogP contribution in [-0.4, -0.2) is 32.8 Å². The number of carboxylic acids is 1. The number of benzene rings is 1. The molecule has 1 unspecified atom stereocenters. The van der Waals surface area contributed by atoms with E-state index in [0.29, 0.717) is 0 Å². The SMILES string of the molecule is CC(C)C(NC(=O)Cn1nc(-c2ccccc2F)ccc1=O)C(=O)O. The van der Waals surface area contributed by atoms with Crippen molar-refractivity contribution in [2.24, 2.45) is 5.92 Å². The minimum atomic E-state index is -1.16. The number of carbonyl (C=O) groups is 2. The summed E-state index contributed by atoms with van der Waals surface area (Å²) in [5.41, 5.74) is -0.155. The summed E-state index contributed by atoms with van der Waals surface area (Å²) in [6.45, 7) is 2.85. The quantitative estimate of drug-likeness (QED) is 0.820. The lowest BCUT2D eigenvalue weighted by molar-refractivity contribution is -0.143. The van der Waals surface area contributed by atoms with Crippen molar-refractivity contribution >= 4 is 11.9 Å². The van der Waals surface area contributed by atoms with Gasteiger partial charge in [0.1, 0.15) is 18.4 Å². The Morgan fingerprint density at radius 1 is 1.24 bits per heavy atom. The highest BCUT2D eigenvalue weighted by atomic mass is 19.1. The monoisotopic (exact) mass is 347 g/mol. The van der Waals surface area contributed by atoms with Crippen molar-refractivity contribution in [1.82, 2.24) is 15.1 Å². The average Bonchev–Trinajstić information content (AvgIpc) is 2.54. The first kappa shape index (κ1) is 18.3. The normalized spacial score (nSPS) is 12.0. The zero-order chi connectivity index (χ0) is 18.6. The number of rotatable bonds is 6. The number of hydrogen-bond donors (Lipinski definition) is 2. The number of amides is 1. The number of hydrogen-bond acceptors (Lipinski definition) is 4. The highest BCUT2D eigenvalue weighted by Crippen LogP contribution is 2.18. The van der Waals surface area contributed by atoms with Gasteiger partial charge in [-0.15, -0.1) is 0 Å². The van der Waals surface area contributed by atoms with Gasteiger partial charge in [0.05, 0.1) is 5.69 Å². The fourth-order valence-electron chi connectivity index (χ4n) is 2.24. The van der Waals surface area contributed by atoms with Crippen LogP contribution in [0.2, 0.25) is 0 Å². The maximum atomic E-state index is 13.8. The first-order valence-corrected chi connectivity index (χ1v) is 7.65. The lowest BCUT2D eigenvalue weighted by Gasteiger charge is -2.18. The fourth-order valence-corrected chi connectivity index (χ4v) is 2.24. The van der Waals surface area contributed by atoms with Crippen molar-refractivity contribution in [3.05, 3.63) is 52.6 Å². The van der Waals surface area contributed by atoms with Crippen LogP contribution in [0.15, 0.2) is 41.2 Å². The van der Waals surface area contributed by atoms with E-state index in [9.17, 15) is 18.8 Å². The number of carboxylic acid groups (broad SMARTS) is 1. The predicted molar refractivity (Wildman–Crippen MR) is 88.3 cm³/mol. The van der Waals surface area contributed by atoms with Crippen LogP contribution in [0.25, 0.3) is 11.3 Å². The van der Waals surface area contributed by atoms with Gasteiger partial charge in [0.25, 0.3) is 5.56 Å². The van der Waals surface area contributed by atoms with Gasteiger partial charge in [-0.25, -0.2) is 13.9 Å². The Hall–Kier alpha value is -3.03. The van der Waals surface area contributed by atoms with E-state index in [-0.39, 0.29) is 17.2 Å². The van der Waals surface area contributed by atoms with Crippen LogP contribution in [0, 0.1) is 11.7 Å². The van der Waals surface area contributed by atoms with Crippen LogP contribution in [-0.2, 0) is 16.1 Å². The molecule has 0 aliphatic carbocycles. The van der Waals surface area contributed by atoms with Gasteiger partial charge in [-0.2, -0.15) is 5.10 Å². The van der Waals surface area contributed by atoms with Gasteiger partial charge in [-0.05, 0) is 24.1 Å². The molecule has 0 spiro atoms. The maximum Gasteiger partial charge on any atom is 0.326 e. The fraction of sp³-hybridized carbons (Fsp3) is 0.294. The largest absolute Gasteiger partial charge is 0.480 e. The van der Waals surface area contributed by atoms with E-state index in [0.717, 1.165) is 4.68 Å². The Morgan fingerprint density at radius 3 is 2.52 bits per heavy atom. The molecule has 2 aromatic rings. The minimum absolute atomic E-state index is 0.197. The van der Waals surface area contributed by atoms with E-state index in [1.165, 1.54) is 30.3 Å². The van der Waals surface area contributed by atoms with Crippen molar-refractivity contribution in [2.45, 2.75) is 26.4 Å². The third-order valence-electron chi connectivity index (χ3n) is 3.56. The number of aliphatic carboxylic acids is 1. The topological polar surface area (TPSA) is 101 Å². The van der Waals surface area contributed by atoms with Gasteiger partial charge in [-0.3, -0.25) is 9.59 Å². The zero-order valence-electron chi connectivity index (χ0n) is 13.8. The summed E-state index contributed by atoms with van der Waals surface area (Å²) in [7, 11) is 0. The second-order valence-electron chi connectivity index (χ2n) is 5.82. The van der Waals surface area contributed by atoms with E-state index in [1.807, 2.05) is 0 Å². The highest BCUT2D eigenvalue weighted by molar-refractivity contribution is 5.83. The molecule has 0 aliphatic heterocycles. The standard InChI is InChI=1S/C17H18FN3O4/c1-10(2)16(17(24)25)19-14(22)9-21-15(23)8-7-13(20-21)11-5-3-4-6-12(11)18/h3-8,10,16H,9H2,1-2H3,(H,19,22)(H,24,25). The molecule has 0 fully saturated rings. The summed E-state index contributed by atoms with van der Waals surface area (Å²) in [6, 6.07) is 7.40. The Bertz CT molecular complexity index is 848. The molecular weight excluding hydrogens is 329 g/mol. The smallest absolute Gasteiger partial charge is 0.326 e.